The van der Waals surface area contributed by atoms with E-state index in [1.165, 1.54) is 15.7 Å². The molecule has 0 spiro atoms. The van der Waals surface area contributed by atoms with Gasteiger partial charge in [-0.05, 0) is 231 Å². The van der Waals surface area contributed by atoms with Crippen molar-refractivity contribution in [1.29, 1.82) is 0 Å². The molecule has 552 valence electrons. The molecule has 0 saturated carbocycles. The molecule has 3 heterocycles. The van der Waals surface area contributed by atoms with Gasteiger partial charge in [0.15, 0.2) is 0 Å². The maximum Gasteiger partial charge on any atom is 0.252 e. The predicted molar refractivity (Wildman–Crippen MR) is 484 cm³/mol. The average molecular weight is 1480 g/mol. The fraction of sp³-hybridized carbons (Fsp3) is 0.167. The standard InChI is InChI=1S/C108H97BN4/c1-106(2,3)86-63-77(64-87(70-86)107(4,5)6)60-74-48-54-97-101(65-74)112(73-96-94(81-38-22-13-23-39-81)71-88(108(7,8)9)72-95(96)82-40-24-14-25-41-82)104-67-76(56-58-110(89-42-26-15-27-43-89)90-50-52-91(53-51-90)113-99-46-30-28-44-92(99)93-45-29-31-47-100(93)113)66-103-105(104)109(97)98-55-49-83(78-32-16-10-17-33-78)69-102(98)111(103)59-57-75-61-84(79-34-18-11-19-35-79)68-85(62-75)80-36-20-12-21-37-80/h10-55,61-72H,56-60,73H2,1-9H3/i10D,15D,16D,17D,26D,27D,28D,29D,30D,31D,32D,33D,42D,43D,44D,45D,46D,47D. The van der Waals surface area contributed by atoms with Gasteiger partial charge in [-0.3, -0.25) is 0 Å². The SMILES string of the molecule is [2H]c1c([2H])c([2H])c(-c2ccc3c(c2)N(CCc2cc(-c4ccccc4)cc(-c4ccccc4)c2)c2cc(CCN(c4ccc(-n5c6c([2H])c([2H])c([2H])c([2H])c6c6c([2H])c([2H])c([2H])c([2H])c65)cc4)c4c([2H])c([2H])c([2H])c([2H])c4[2H])cc4c2B3c2ccc(Cc3cc(C(C)(C)C)cc(C(C)(C)C)c3)cc2N4Cc2c(-c3ccccc3)cc(C(C)(C)C)cc2-c2ccccc2)c([2H])c1[2H]. The number of fused-ring (bicyclic) bond motifs is 7. The Hall–Kier alpha value is -12.4. The highest BCUT2D eigenvalue weighted by molar-refractivity contribution is 7.00. The van der Waals surface area contributed by atoms with Crippen molar-refractivity contribution in [3.8, 4) is 61.3 Å². The number of hydrogen-bond donors (Lipinski definition) is 0. The van der Waals surface area contributed by atoms with Crippen LogP contribution < -0.4 is 31.1 Å². The van der Waals surface area contributed by atoms with E-state index < -0.39 is 103 Å². The molecule has 2 aliphatic heterocycles. The number of rotatable bonds is 18. The number of anilines is 6. The zero-order valence-corrected chi connectivity index (χ0v) is 65.2. The summed E-state index contributed by atoms with van der Waals surface area (Å²) in [7, 11) is 0. The lowest BCUT2D eigenvalue weighted by molar-refractivity contribution is 0.567. The zero-order valence-electron chi connectivity index (χ0n) is 83.2. The van der Waals surface area contributed by atoms with Gasteiger partial charge in [0.25, 0.3) is 6.71 Å². The van der Waals surface area contributed by atoms with Crippen LogP contribution in [0.1, 0.15) is 131 Å². The second-order valence-electron chi connectivity index (χ2n) is 33.1. The van der Waals surface area contributed by atoms with Crippen molar-refractivity contribution in [2.45, 2.75) is 104 Å². The molecule has 1 aromatic heterocycles. The highest BCUT2D eigenvalue weighted by atomic mass is 15.2. The minimum Gasteiger partial charge on any atom is -0.342 e. The maximum absolute atomic E-state index is 9.84. The van der Waals surface area contributed by atoms with Gasteiger partial charge in [0, 0.05) is 70.2 Å². The Kier molecular flexibility index (Phi) is 14.2. The Morgan fingerprint density at radius 2 is 0.805 bits per heavy atom. The third-order valence-corrected chi connectivity index (χ3v) is 22.6. The number of para-hydroxylation sites is 3. The van der Waals surface area contributed by atoms with Gasteiger partial charge in [0.2, 0.25) is 0 Å². The highest BCUT2D eigenvalue weighted by Gasteiger charge is 2.44. The van der Waals surface area contributed by atoms with E-state index in [9.17, 15) is 13.7 Å². The maximum atomic E-state index is 9.84. The number of nitrogens with zero attached hydrogens (tertiary/aromatic N) is 4. The molecule has 0 fully saturated rings. The summed E-state index contributed by atoms with van der Waals surface area (Å²) in [5.74, 6) is 0. The number of benzene rings is 15. The first-order valence-electron chi connectivity index (χ1n) is 48.1. The third kappa shape index (κ3) is 14.3. The van der Waals surface area contributed by atoms with E-state index in [1.54, 1.807) is 29.2 Å². The first-order valence-corrected chi connectivity index (χ1v) is 39.1. The highest BCUT2D eigenvalue weighted by Crippen LogP contribution is 2.46. The molecule has 0 bridgehead atoms. The third-order valence-electron chi connectivity index (χ3n) is 22.6. The van der Waals surface area contributed by atoms with E-state index in [-0.39, 0.29) is 80.0 Å². The van der Waals surface area contributed by atoms with Crippen LogP contribution in [0.25, 0.3) is 83.1 Å². The molecule has 4 nitrogen and oxygen atoms in total. The summed E-state index contributed by atoms with van der Waals surface area (Å²) in [6, 6.07) is 75.0. The molecule has 0 aliphatic carbocycles. The Morgan fingerprint density at radius 1 is 0.336 bits per heavy atom. The molecule has 15 aromatic carbocycles. The van der Waals surface area contributed by atoms with Crippen LogP contribution >= 0.6 is 0 Å². The summed E-state index contributed by atoms with van der Waals surface area (Å²) in [6.07, 6.45) is 1.16. The van der Waals surface area contributed by atoms with Crippen LogP contribution in [-0.2, 0) is 42.1 Å². The molecular formula is C108H97BN4. The fourth-order valence-corrected chi connectivity index (χ4v) is 16.7. The molecule has 0 radical (unpaired) electrons. The van der Waals surface area contributed by atoms with Gasteiger partial charge < -0.3 is 19.3 Å². The smallest absolute Gasteiger partial charge is 0.252 e. The minimum atomic E-state index is -0.600. The summed E-state index contributed by atoms with van der Waals surface area (Å²) in [6.45, 7) is 20.3. The van der Waals surface area contributed by atoms with E-state index in [0.717, 1.165) is 117 Å². The van der Waals surface area contributed by atoms with Crippen molar-refractivity contribution in [2.24, 2.45) is 0 Å². The number of aromatic nitrogens is 1. The second kappa shape index (κ2) is 29.7. The summed E-state index contributed by atoms with van der Waals surface area (Å²) >= 11 is 0. The van der Waals surface area contributed by atoms with Crippen LogP contribution in [0.4, 0.5) is 34.1 Å². The van der Waals surface area contributed by atoms with Crippen molar-refractivity contribution in [3.05, 3.63) is 396 Å². The van der Waals surface area contributed by atoms with Crippen molar-refractivity contribution in [1.82, 2.24) is 4.57 Å². The Labute approximate surface area is 694 Å². The quantitative estimate of drug-likeness (QED) is 0.0796. The van der Waals surface area contributed by atoms with E-state index >= 15 is 0 Å². The molecule has 2 aliphatic rings. The van der Waals surface area contributed by atoms with Gasteiger partial charge >= 0.3 is 0 Å². The molecule has 0 amide bonds. The molecule has 113 heavy (non-hydrogen) atoms. The van der Waals surface area contributed by atoms with E-state index in [2.05, 4.69) is 230 Å². The Morgan fingerprint density at radius 3 is 1.35 bits per heavy atom. The monoisotopic (exact) mass is 1480 g/mol. The van der Waals surface area contributed by atoms with Gasteiger partial charge in [-0.2, -0.15) is 0 Å². The molecular weight excluding hydrogens is 1360 g/mol. The first kappa shape index (κ1) is 54.2. The van der Waals surface area contributed by atoms with Crippen molar-refractivity contribution < 1.29 is 24.7 Å². The van der Waals surface area contributed by atoms with E-state index in [4.69, 9.17) is 11.0 Å². The lowest BCUT2D eigenvalue weighted by Crippen LogP contribution is -2.62. The zero-order chi connectivity index (χ0) is 92.8. The predicted octanol–water partition coefficient (Wildman–Crippen LogP) is 25.8. The lowest BCUT2D eigenvalue weighted by Gasteiger charge is -2.45. The summed E-state index contributed by atoms with van der Waals surface area (Å²) < 4.78 is 167. The van der Waals surface area contributed by atoms with Gasteiger partial charge in [-0.15, -0.1) is 0 Å². The first-order chi connectivity index (χ1) is 62.4. The summed E-state index contributed by atoms with van der Waals surface area (Å²) in [4.78, 5) is 6.52. The molecule has 16 aromatic rings. The van der Waals surface area contributed by atoms with Crippen LogP contribution in [0.2, 0.25) is 0 Å². The van der Waals surface area contributed by atoms with Crippen LogP contribution in [0, 0.1) is 0 Å². The van der Waals surface area contributed by atoms with Gasteiger partial charge in [0.05, 0.1) is 35.7 Å². The molecule has 0 atom stereocenters. The molecule has 0 saturated heterocycles. The van der Waals surface area contributed by atoms with E-state index in [1.807, 2.05) is 60.7 Å². The molecule has 5 heteroatoms. The summed E-state index contributed by atoms with van der Waals surface area (Å²) in [5.41, 5.74) is 23.2. The lowest BCUT2D eigenvalue weighted by atomic mass is 9.33. The summed E-state index contributed by atoms with van der Waals surface area (Å²) in [5, 5.41) is -0.204. The van der Waals surface area contributed by atoms with E-state index in [0.29, 0.717) is 37.2 Å². The fourth-order valence-electron chi connectivity index (χ4n) is 16.7. The number of hydrogen-bond acceptors (Lipinski definition) is 3. The van der Waals surface area contributed by atoms with Crippen molar-refractivity contribution in [2.75, 3.05) is 27.8 Å². The Bertz CT molecular complexity index is 7040. The molecule has 18 rings (SSSR count). The van der Waals surface area contributed by atoms with Crippen LogP contribution in [0.15, 0.2) is 351 Å². The van der Waals surface area contributed by atoms with Gasteiger partial charge in [-0.25, -0.2) is 0 Å². The van der Waals surface area contributed by atoms with Crippen LogP contribution in [0.3, 0.4) is 0 Å². The van der Waals surface area contributed by atoms with Crippen molar-refractivity contribution >= 4 is 79.0 Å². The van der Waals surface area contributed by atoms with Gasteiger partial charge in [0.1, 0.15) is 0 Å². The topological polar surface area (TPSA) is 14.7 Å². The van der Waals surface area contributed by atoms with Gasteiger partial charge in [-0.1, -0.05) is 335 Å². The minimum absolute atomic E-state index is 0.0459. The van der Waals surface area contributed by atoms with Crippen LogP contribution in [0.5, 0.6) is 0 Å². The Balaban J connectivity index is 0.914. The normalized spacial score (nSPS) is 14.9. The molecule has 0 unspecified atom stereocenters. The molecule has 0 N–H and O–H groups in total. The van der Waals surface area contributed by atoms with Crippen LogP contribution in [-0.4, -0.2) is 24.4 Å². The second-order valence-corrected chi connectivity index (χ2v) is 33.1. The largest absolute Gasteiger partial charge is 0.342 e. The average Bonchev–Trinajstić information content (AvgIpc) is 1.48. The van der Waals surface area contributed by atoms with Crippen molar-refractivity contribution in [3.63, 3.8) is 0 Å².